The fourth-order valence-electron chi connectivity index (χ4n) is 2.89. The van der Waals surface area contributed by atoms with Gasteiger partial charge in [-0.15, -0.1) is 0 Å². The van der Waals surface area contributed by atoms with Crippen LogP contribution in [-0.2, 0) is 10.1 Å². The van der Waals surface area contributed by atoms with E-state index in [1.165, 1.54) is 24.3 Å². The Labute approximate surface area is 168 Å². The summed E-state index contributed by atoms with van der Waals surface area (Å²) in [5.74, 6) is -0.0844. The Morgan fingerprint density at radius 1 is 0.724 bits per heavy atom. The van der Waals surface area contributed by atoms with Gasteiger partial charge in [-0.1, -0.05) is 48.5 Å². The van der Waals surface area contributed by atoms with E-state index in [1.54, 1.807) is 36.4 Å². The van der Waals surface area contributed by atoms with Gasteiger partial charge in [0.2, 0.25) is 0 Å². The quantitative estimate of drug-likeness (QED) is 0.483. The van der Waals surface area contributed by atoms with E-state index in [-0.39, 0.29) is 16.6 Å². The molecule has 0 aliphatic rings. The summed E-state index contributed by atoms with van der Waals surface area (Å²) < 4.78 is 29.7. The predicted molar refractivity (Wildman–Crippen MR) is 113 cm³/mol. The van der Waals surface area contributed by atoms with Gasteiger partial charge in [0, 0.05) is 11.3 Å². The first kappa shape index (κ1) is 18.7. The smallest absolute Gasteiger partial charge is 0.339 e. The summed E-state index contributed by atoms with van der Waals surface area (Å²) >= 11 is 0. The number of rotatable bonds is 5. The average molecular weight is 403 g/mol. The van der Waals surface area contributed by atoms with Gasteiger partial charge in [0.15, 0.2) is 0 Å². The molecule has 0 unspecified atom stereocenters. The summed E-state index contributed by atoms with van der Waals surface area (Å²) in [4.78, 5) is 12.6. The first-order valence-corrected chi connectivity index (χ1v) is 10.3. The molecule has 0 atom stereocenters. The molecule has 0 saturated carbocycles. The number of hydrogen-bond donors (Lipinski definition) is 1. The molecule has 5 nitrogen and oxygen atoms in total. The summed E-state index contributed by atoms with van der Waals surface area (Å²) in [7, 11) is -3.90. The minimum absolute atomic E-state index is 0.0775. The van der Waals surface area contributed by atoms with Gasteiger partial charge >= 0.3 is 10.1 Å². The van der Waals surface area contributed by atoms with Crippen LogP contribution in [0.2, 0.25) is 0 Å². The van der Waals surface area contributed by atoms with Gasteiger partial charge in [-0.2, -0.15) is 8.42 Å². The van der Waals surface area contributed by atoms with Crippen LogP contribution in [0.3, 0.4) is 0 Å². The Morgan fingerprint density at radius 3 is 2.10 bits per heavy atom. The maximum Gasteiger partial charge on any atom is 0.339 e. The molecule has 0 fully saturated rings. The maximum absolute atomic E-state index is 12.5. The molecule has 0 spiro atoms. The first-order valence-electron chi connectivity index (χ1n) is 8.91. The molecule has 1 N–H and O–H groups in total. The summed E-state index contributed by atoms with van der Waals surface area (Å²) in [5.41, 5.74) is 1.07. The molecule has 0 aromatic heterocycles. The van der Waals surface area contributed by atoms with Crippen molar-refractivity contribution in [3.63, 3.8) is 0 Å². The minimum atomic E-state index is -3.90. The van der Waals surface area contributed by atoms with Gasteiger partial charge in [0.05, 0.1) is 0 Å². The van der Waals surface area contributed by atoms with Gasteiger partial charge in [-0.05, 0) is 59.3 Å². The number of anilines is 1. The Hall–Kier alpha value is -3.64. The SMILES string of the molecule is O=C(Nc1ccc(OS(=O)(=O)c2ccccc2)cc1)c1ccc2ccccc2c1. The van der Waals surface area contributed by atoms with Gasteiger partial charge in [-0.3, -0.25) is 4.79 Å². The molecule has 144 valence electrons. The third kappa shape index (κ3) is 4.28. The van der Waals surface area contributed by atoms with Gasteiger partial charge < -0.3 is 9.50 Å². The Morgan fingerprint density at radius 2 is 1.38 bits per heavy atom. The van der Waals surface area contributed by atoms with Gasteiger partial charge in [0.1, 0.15) is 10.6 Å². The highest BCUT2D eigenvalue weighted by atomic mass is 32.2. The van der Waals surface area contributed by atoms with E-state index in [0.717, 1.165) is 10.8 Å². The van der Waals surface area contributed by atoms with Crippen LogP contribution in [0.15, 0.2) is 102 Å². The van der Waals surface area contributed by atoms with Crippen molar-refractivity contribution in [2.75, 3.05) is 5.32 Å². The van der Waals surface area contributed by atoms with Gasteiger partial charge in [-0.25, -0.2) is 0 Å². The fraction of sp³-hybridized carbons (Fsp3) is 0. The molecule has 29 heavy (non-hydrogen) atoms. The van der Waals surface area contributed by atoms with E-state index >= 15 is 0 Å². The highest BCUT2D eigenvalue weighted by Gasteiger charge is 2.16. The van der Waals surface area contributed by atoms with E-state index in [2.05, 4.69) is 5.32 Å². The number of fused-ring (bicyclic) bond motifs is 1. The second-order valence-corrected chi connectivity index (χ2v) is 7.94. The molecule has 0 aliphatic heterocycles. The molecule has 0 bridgehead atoms. The largest absolute Gasteiger partial charge is 0.379 e. The number of amides is 1. The van der Waals surface area contributed by atoms with Crippen LogP contribution in [0.5, 0.6) is 5.75 Å². The molecule has 4 aromatic carbocycles. The van der Waals surface area contributed by atoms with Crippen molar-refractivity contribution in [3.05, 3.63) is 103 Å². The van der Waals surface area contributed by atoms with Crippen LogP contribution in [-0.4, -0.2) is 14.3 Å². The number of carbonyl (C=O) groups is 1. The highest BCUT2D eigenvalue weighted by Crippen LogP contribution is 2.22. The zero-order valence-corrected chi connectivity index (χ0v) is 16.1. The number of carbonyl (C=O) groups excluding carboxylic acids is 1. The third-order valence-corrected chi connectivity index (χ3v) is 5.62. The lowest BCUT2D eigenvalue weighted by atomic mass is 10.1. The molecule has 0 aliphatic carbocycles. The average Bonchev–Trinajstić information content (AvgIpc) is 2.75. The molecule has 0 saturated heterocycles. The van der Waals surface area contributed by atoms with Crippen LogP contribution in [0, 0.1) is 0 Å². The monoisotopic (exact) mass is 403 g/mol. The van der Waals surface area contributed by atoms with Crippen LogP contribution in [0.25, 0.3) is 10.8 Å². The molecule has 0 radical (unpaired) electrons. The van der Waals surface area contributed by atoms with Crippen molar-refractivity contribution in [1.82, 2.24) is 0 Å². The summed E-state index contributed by atoms with van der Waals surface area (Å²) in [5, 5.41) is 4.84. The van der Waals surface area contributed by atoms with Crippen LogP contribution >= 0.6 is 0 Å². The van der Waals surface area contributed by atoms with E-state index in [1.807, 2.05) is 36.4 Å². The van der Waals surface area contributed by atoms with Crippen LogP contribution in [0.1, 0.15) is 10.4 Å². The summed E-state index contributed by atoms with van der Waals surface area (Å²) in [6.45, 7) is 0. The van der Waals surface area contributed by atoms with Crippen molar-refractivity contribution in [3.8, 4) is 5.75 Å². The van der Waals surface area contributed by atoms with Crippen molar-refractivity contribution in [2.24, 2.45) is 0 Å². The zero-order chi connectivity index (χ0) is 20.3. The van der Waals surface area contributed by atoms with Crippen molar-refractivity contribution in [1.29, 1.82) is 0 Å². The van der Waals surface area contributed by atoms with Crippen molar-refractivity contribution < 1.29 is 17.4 Å². The van der Waals surface area contributed by atoms with E-state index in [4.69, 9.17) is 4.18 Å². The van der Waals surface area contributed by atoms with E-state index in [9.17, 15) is 13.2 Å². The number of nitrogens with one attached hydrogen (secondary N) is 1. The Kier molecular flexibility index (Phi) is 5.01. The summed E-state index contributed by atoms with van der Waals surface area (Å²) in [6, 6.07) is 27.4. The number of benzene rings is 4. The van der Waals surface area contributed by atoms with E-state index in [0.29, 0.717) is 11.3 Å². The lowest BCUT2D eigenvalue weighted by Gasteiger charge is -2.09. The first-order chi connectivity index (χ1) is 14.0. The molecule has 1 amide bonds. The fourth-order valence-corrected chi connectivity index (χ4v) is 3.84. The van der Waals surface area contributed by atoms with Crippen molar-refractivity contribution in [2.45, 2.75) is 4.90 Å². The summed E-state index contributed by atoms with van der Waals surface area (Å²) in [6.07, 6.45) is 0. The normalized spacial score (nSPS) is 11.2. The van der Waals surface area contributed by atoms with Gasteiger partial charge in [0.25, 0.3) is 5.91 Å². The molecule has 6 heteroatoms. The predicted octanol–water partition coefficient (Wildman–Crippen LogP) is 4.86. The molecule has 4 rings (SSSR count). The lowest BCUT2D eigenvalue weighted by molar-refractivity contribution is 0.102. The second-order valence-electron chi connectivity index (χ2n) is 6.39. The molecule has 0 heterocycles. The zero-order valence-electron chi connectivity index (χ0n) is 15.3. The minimum Gasteiger partial charge on any atom is -0.379 e. The second kappa shape index (κ2) is 7.77. The van der Waals surface area contributed by atoms with Crippen LogP contribution < -0.4 is 9.50 Å². The Balaban J connectivity index is 1.47. The standard InChI is InChI=1S/C23H17NO4S/c25-23(19-11-10-17-6-4-5-7-18(17)16-19)24-20-12-14-21(15-13-20)28-29(26,27)22-8-2-1-3-9-22/h1-16H,(H,24,25). The maximum atomic E-state index is 12.5. The van der Waals surface area contributed by atoms with Crippen LogP contribution in [0.4, 0.5) is 5.69 Å². The highest BCUT2D eigenvalue weighted by molar-refractivity contribution is 7.87. The lowest BCUT2D eigenvalue weighted by Crippen LogP contribution is -2.12. The van der Waals surface area contributed by atoms with E-state index < -0.39 is 10.1 Å². The molecule has 4 aromatic rings. The third-order valence-electron chi connectivity index (χ3n) is 4.36. The topological polar surface area (TPSA) is 72.5 Å². The Bertz CT molecular complexity index is 1270. The number of hydrogen-bond acceptors (Lipinski definition) is 4. The molecular weight excluding hydrogens is 386 g/mol. The molecular formula is C23H17NO4S. The van der Waals surface area contributed by atoms with Crippen molar-refractivity contribution >= 4 is 32.5 Å².